The first-order chi connectivity index (χ1) is 12.8. The maximum atomic E-state index is 11.4. The summed E-state index contributed by atoms with van der Waals surface area (Å²) in [5.74, 6) is 0. The van der Waals surface area contributed by atoms with Gasteiger partial charge in [-0.25, -0.2) is 4.67 Å². The SMILES string of the molecule is [2H]CCC(OP(OC=NCC)N(C(C)C)C(C)C)c1ccccc1[N+](=O)[O-]. The molecule has 0 radical (unpaired) electrons. The Hall–Kier alpha value is -1.56. The normalized spacial score (nSPS) is 14.8. The van der Waals surface area contributed by atoms with Gasteiger partial charge in [0.2, 0.25) is 0 Å². The molecule has 146 valence electrons. The highest BCUT2D eigenvalue weighted by atomic mass is 31.2. The van der Waals surface area contributed by atoms with Crippen LogP contribution in [0.4, 0.5) is 5.69 Å². The van der Waals surface area contributed by atoms with Gasteiger partial charge >= 0.3 is 8.53 Å². The lowest BCUT2D eigenvalue weighted by Crippen LogP contribution is -2.33. The van der Waals surface area contributed by atoms with E-state index in [1.54, 1.807) is 18.2 Å². The Morgan fingerprint density at radius 1 is 1.35 bits per heavy atom. The van der Waals surface area contributed by atoms with Crippen molar-refractivity contribution in [2.45, 2.75) is 66.1 Å². The molecule has 7 nitrogen and oxygen atoms in total. The van der Waals surface area contributed by atoms with E-state index >= 15 is 0 Å². The van der Waals surface area contributed by atoms with Crippen LogP contribution in [0.2, 0.25) is 0 Å². The van der Waals surface area contributed by atoms with E-state index in [9.17, 15) is 10.1 Å². The van der Waals surface area contributed by atoms with Crippen LogP contribution in [0.3, 0.4) is 0 Å². The summed E-state index contributed by atoms with van der Waals surface area (Å²) >= 11 is 0. The Morgan fingerprint density at radius 3 is 2.54 bits per heavy atom. The van der Waals surface area contributed by atoms with Crippen LogP contribution in [0.1, 0.15) is 61.0 Å². The van der Waals surface area contributed by atoms with Gasteiger partial charge in [-0.3, -0.25) is 15.1 Å². The molecular formula is C18H30N3O4P. The average molecular weight is 384 g/mol. The molecule has 0 bridgehead atoms. The predicted octanol–water partition coefficient (Wildman–Crippen LogP) is 5.47. The van der Waals surface area contributed by atoms with Gasteiger partial charge in [0.25, 0.3) is 5.69 Å². The zero-order chi connectivity index (χ0) is 20.4. The van der Waals surface area contributed by atoms with E-state index in [1.165, 1.54) is 12.5 Å². The second-order valence-corrected chi connectivity index (χ2v) is 7.57. The quantitative estimate of drug-likeness (QED) is 0.166. The highest BCUT2D eigenvalue weighted by Crippen LogP contribution is 2.50. The van der Waals surface area contributed by atoms with Gasteiger partial charge < -0.3 is 9.05 Å². The average Bonchev–Trinajstić information content (AvgIpc) is 2.60. The molecular weight excluding hydrogens is 353 g/mol. The van der Waals surface area contributed by atoms with Gasteiger partial charge in [-0.15, -0.1) is 0 Å². The van der Waals surface area contributed by atoms with Crippen molar-refractivity contribution in [3.63, 3.8) is 0 Å². The summed E-state index contributed by atoms with van der Waals surface area (Å²) in [4.78, 5) is 15.1. The van der Waals surface area contributed by atoms with Gasteiger partial charge in [-0.1, -0.05) is 19.0 Å². The van der Waals surface area contributed by atoms with Crippen molar-refractivity contribution < 1.29 is 15.3 Å². The Kier molecular flexibility index (Phi) is 8.95. The van der Waals surface area contributed by atoms with Crippen LogP contribution in [-0.4, -0.2) is 34.6 Å². The summed E-state index contributed by atoms with van der Waals surface area (Å²) in [7, 11) is -1.54. The number of nitrogens with zero attached hydrogens (tertiary/aromatic N) is 3. The molecule has 2 atom stereocenters. The minimum Gasteiger partial charge on any atom is -0.425 e. The molecule has 0 aromatic heterocycles. The summed E-state index contributed by atoms with van der Waals surface area (Å²) in [5, 5.41) is 11.4. The van der Waals surface area contributed by atoms with Gasteiger partial charge in [0.15, 0.2) is 6.40 Å². The molecule has 0 saturated carbocycles. The van der Waals surface area contributed by atoms with Crippen molar-refractivity contribution >= 4 is 20.6 Å². The van der Waals surface area contributed by atoms with E-state index in [-0.39, 0.29) is 24.7 Å². The lowest BCUT2D eigenvalue weighted by Gasteiger charge is -2.36. The first kappa shape index (κ1) is 20.7. The summed E-state index contributed by atoms with van der Waals surface area (Å²) in [6, 6.07) is 6.80. The maximum absolute atomic E-state index is 11.4. The van der Waals surface area contributed by atoms with Crippen molar-refractivity contribution in [1.29, 1.82) is 0 Å². The Morgan fingerprint density at radius 2 is 2.00 bits per heavy atom. The summed E-state index contributed by atoms with van der Waals surface area (Å²) in [6.45, 7) is 10.8. The molecule has 0 aliphatic rings. The minimum atomic E-state index is -1.54. The van der Waals surface area contributed by atoms with E-state index in [4.69, 9.17) is 10.4 Å². The van der Waals surface area contributed by atoms with Crippen molar-refractivity contribution in [3.8, 4) is 0 Å². The molecule has 0 fully saturated rings. The number of benzene rings is 1. The maximum Gasteiger partial charge on any atom is 0.322 e. The van der Waals surface area contributed by atoms with E-state index in [1.807, 2.05) is 34.6 Å². The van der Waals surface area contributed by atoms with E-state index in [0.717, 1.165) is 0 Å². The zero-order valence-electron chi connectivity index (χ0n) is 17.2. The van der Waals surface area contributed by atoms with Crippen molar-refractivity contribution in [1.82, 2.24) is 4.67 Å². The molecule has 0 aliphatic carbocycles. The fraction of sp³-hybridized carbons (Fsp3) is 0.611. The molecule has 2 unspecified atom stereocenters. The predicted molar refractivity (Wildman–Crippen MR) is 106 cm³/mol. The smallest absolute Gasteiger partial charge is 0.322 e. The molecule has 0 aliphatic heterocycles. The molecule has 0 saturated heterocycles. The topological polar surface area (TPSA) is 77.2 Å². The van der Waals surface area contributed by atoms with Gasteiger partial charge in [-0.2, -0.15) is 0 Å². The van der Waals surface area contributed by atoms with E-state index < -0.39 is 19.6 Å². The van der Waals surface area contributed by atoms with Crippen molar-refractivity contribution in [2.75, 3.05) is 6.54 Å². The Labute approximate surface area is 158 Å². The molecule has 26 heavy (non-hydrogen) atoms. The minimum absolute atomic E-state index is 0.00577. The van der Waals surface area contributed by atoms with E-state index in [0.29, 0.717) is 18.5 Å². The summed E-state index contributed by atoms with van der Waals surface area (Å²) < 4.78 is 21.8. The zero-order valence-corrected chi connectivity index (χ0v) is 17.1. The third-order valence-electron chi connectivity index (χ3n) is 3.60. The fourth-order valence-corrected chi connectivity index (χ4v) is 4.16. The van der Waals surface area contributed by atoms with Crippen LogP contribution in [0.15, 0.2) is 29.3 Å². The largest absolute Gasteiger partial charge is 0.425 e. The molecule has 0 heterocycles. The summed E-state index contributed by atoms with van der Waals surface area (Å²) in [6.07, 6.45) is 1.12. The fourth-order valence-electron chi connectivity index (χ4n) is 2.56. The highest BCUT2D eigenvalue weighted by Gasteiger charge is 2.32. The molecule has 0 amide bonds. The van der Waals surface area contributed by atoms with Crippen LogP contribution in [-0.2, 0) is 9.05 Å². The number of nitro benzene ring substituents is 1. The van der Waals surface area contributed by atoms with Crippen molar-refractivity contribution in [3.05, 3.63) is 39.9 Å². The molecule has 1 aromatic rings. The van der Waals surface area contributed by atoms with Crippen LogP contribution in [0.25, 0.3) is 0 Å². The second-order valence-electron chi connectivity index (χ2n) is 6.21. The van der Waals surface area contributed by atoms with Gasteiger partial charge in [-0.05, 0) is 47.1 Å². The monoisotopic (exact) mass is 384 g/mol. The first-order valence-electron chi connectivity index (χ1n) is 9.46. The third kappa shape index (κ3) is 6.31. The third-order valence-corrected chi connectivity index (χ3v) is 5.61. The Balaban J connectivity index is 3.23. The number of aliphatic imine (C=N–C) groups is 1. The lowest BCUT2D eigenvalue weighted by molar-refractivity contribution is -0.386. The number of hydrogen-bond donors (Lipinski definition) is 0. The molecule has 1 rings (SSSR count). The van der Waals surface area contributed by atoms with Crippen LogP contribution in [0, 0.1) is 10.1 Å². The molecule has 8 heteroatoms. The van der Waals surface area contributed by atoms with Crippen LogP contribution >= 0.6 is 8.53 Å². The van der Waals surface area contributed by atoms with Gasteiger partial charge in [0.1, 0.15) is 0 Å². The van der Waals surface area contributed by atoms with Crippen molar-refractivity contribution in [2.24, 2.45) is 4.99 Å². The number of rotatable bonds is 11. The van der Waals surface area contributed by atoms with Crippen LogP contribution in [0.5, 0.6) is 0 Å². The second kappa shape index (κ2) is 11.2. The molecule has 0 N–H and O–H groups in total. The van der Waals surface area contributed by atoms with E-state index in [2.05, 4.69) is 9.66 Å². The van der Waals surface area contributed by atoms with Gasteiger partial charge in [0, 0.05) is 26.1 Å². The standard InChI is InChI=1S/C18H30N3O4P/c1-7-18(16-11-9-10-12-17(16)21(22)23)25-26(24-13-19-8-2)20(14(3)4)15(5)6/h9-15,18H,7-8H2,1-6H3/i1D. The number of hydrogen-bond acceptors (Lipinski definition) is 6. The lowest BCUT2D eigenvalue weighted by atomic mass is 10.1. The number of nitro groups is 1. The molecule has 0 spiro atoms. The molecule has 1 aromatic carbocycles. The van der Waals surface area contributed by atoms with Crippen LogP contribution < -0.4 is 0 Å². The highest BCUT2D eigenvalue weighted by molar-refractivity contribution is 7.45. The number of para-hydroxylation sites is 1. The summed E-state index contributed by atoms with van der Waals surface area (Å²) in [5.41, 5.74) is 0.458. The first-order valence-corrected chi connectivity index (χ1v) is 9.89. The van der Waals surface area contributed by atoms with Gasteiger partial charge in [0.05, 0.1) is 16.6 Å². The Bertz CT molecular complexity index is 608.